The van der Waals surface area contributed by atoms with Crippen molar-refractivity contribution in [2.24, 2.45) is 0 Å². The molecule has 0 aliphatic heterocycles. The number of nitrogen functional groups attached to an aromatic ring is 1. The maximum atomic E-state index is 6.05. The number of anilines is 1. The molecule has 5 heteroatoms. The summed E-state index contributed by atoms with van der Waals surface area (Å²) in [5, 5.41) is 0. The molecule has 0 saturated heterocycles. The van der Waals surface area contributed by atoms with Gasteiger partial charge in [-0.05, 0) is 37.1 Å². The van der Waals surface area contributed by atoms with E-state index >= 15 is 0 Å². The highest BCUT2D eigenvalue weighted by atomic mass is 15.2. The van der Waals surface area contributed by atoms with Crippen LogP contribution in [-0.4, -0.2) is 19.5 Å². The van der Waals surface area contributed by atoms with E-state index in [9.17, 15) is 0 Å². The second kappa shape index (κ2) is 4.35. The zero-order chi connectivity index (χ0) is 13.4. The van der Waals surface area contributed by atoms with Crippen molar-refractivity contribution in [3.05, 3.63) is 47.9 Å². The molecule has 96 valence electrons. The summed E-state index contributed by atoms with van der Waals surface area (Å²) in [6, 6.07) is 5.93. The Hall–Kier alpha value is -2.43. The molecule has 1 atom stereocenters. The minimum Gasteiger partial charge on any atom is -0.369 e. The van der Waals surface area contributed by atoms with Crippen LogP contribution in [0.5, 0.6) is 0 Å². The van der Waals surface area contributed by atoms with Crippen LogP contribution >= 0.6 is 0 Å². The van der Waals surface area contributed by atoms with E-state index in [1.54, 1.807) is 12.4 Å². The number of aromatic nitrogens is 4. The highest BCUT2D eigenvalue weighted by Crippen LogP contribution is 2.26. The van der Waals surface area contributed by atoms with Crippen LogP contribution in [0.3, 0.4) is 0 Å². The van der Waals surface area contributed by atoms with Crippen molar-refractivity contribution >= 4 is 17.1 Å². The monoisotopic (exact) mass is 253 g/mol. The van der Waals surface area contributed by atoms with Crippen molar-refractivity contribution in [2.75, 3.05) is 5.73 Å². The largest absolute Gasteiger partial charge is 0.369 e. The first kappa shape index (κ1) is 11.6. The van der Waals surface area contributed by atoms with Gasteiger partial charge in [0.05, 0.1) is 6.04 Å². The molecule has 3 aromatic heterocycles. The fraction of sp³-hybridized carbons (Fsp3) is 0.214. The van der Waals surface area contributed by atoms with Crippen LogP contribution in [0.4, 0.5) is 5.95 Å². The Kier molecular flexibility index (Phi) is 2.67. The van der Waals surface area contributed by atoms with Crippen LogP contribution in [0.25, 0.3) is 11.2 Å². The smallest absolute Gasteiger partial charge is 0.203 e. The van der Waals surface area contributed by atoms with Gasteiger partial charge in [0.25, 0.3) is 0 Å². The second-order valence-corrected chi connectivity index (χ2v) is 4.60. The van der Waals surface area contributed by atoms with E-state index in [1.807, 2.05) is 35.9 Å². The van der Waals surface area contributed by atoms with Crippen molar-refractivity contribution in [3.63, 3.8) is 0 Å². The van der Waals surface area contributed by atoms with E-state index in [0.717, 1.165) is 22.3 Å². The molecular weight excluding hydrogens is 238 g/mol. The summed E-state index contributed by atoms with van der Waals surface area (Å²) >= 11 is 0. The van der Waals surface area contributed by atoms with Crippen molar-refractivity contribution in [1.29, 1.82) is 0 Å². The molecule has 1 unspecified atom stereocenters. The van der Waals surface area contributed by atoms with Crippen molar-refractivity contribution in [1.82, 2.24) is 19.5 Å². The first-order chi connectivity index (χ1) is 9.18. The number of fused-ring (bicyclic) bond motifs is 1. The van der Waals surface area contributed by atoms with Crippen LogP contribution in [0.1, 0.15) is 24.1 Å². The number of nitrogens with zero attached hydrogens (tertiary/aromatic N) is 4. The number of pyridine rings is 2. The average molecular weight is 253 g/mol. The molecular formula is C14H15N5. The lowest BCUT2D eigenvalue weighted by Gasteiger charge is -2.15. The Morgan fingerprint density at radius 2 is 2.11 bits per heavy atom. The third-order valence-electron chi connectivity index (χ3n) is 3.36. The molecule has 19 heavy (non-hydrogen) atoms. The topological polar surface area (TPSA) is 69.6 Å². The van der Waals surface area contributed by atoms with Crippen molar-refractivity contribution < 1.29 is 0 Å². The Morgan fingerprint density at radius 3 is 2.84 bits per heavy atom. The molecule has 0 bridgehead atoms. The number of nitrogens with two attached hydrogens (primary N) is 1. The number of aryl methyl sites for hydroxylation is 1. The Bertz CT molecular complexity index is 717. The van der Waals surface area contributed by atoms with Gasteiger partial charge >= 0.3 is 0 Å². The summed E-state index contributed by atoms with van der Waals surface area (Å²) in [5.41, 5.74) is 9.88. The van der Waals surface area contributed by atoms with Crippen LogP contribution in [-0.2, 0) is 0 Å². The second-order valence-electron chi connectivity index (χ2n) is 4.60. The molecule has 0 fully saturated rings. The van der Waals surface area contributed by atoms with Crippen LogP contribution in [0, 0.1) is 6.92 Å². The van der Waals surface area contributed by atoms with Crippen molar-refractivity contribution in [2.45, 2.75) is 19.9 Å². The van der Waals surface area contributed by atoms with Gasteiger partial charge in [-0.1, -0.05) is 6.07 Å². The van der Waals surface area contributed by atoms with E-state index in [4.69, 9.17) is 5.73 Å². The van der Waals surface area contributed by atoms with Gasteiger partial charge in [-0.3, -0.25) is 9.55 Å². The van der Waals surface area contributed by atoms with Crippen molar-refractivity contribution in [3.8, 4) is 0 Å². The lowest BCUT2D eigenvalue weighted by molar-refractivity contribution is 0.659. The molecule has 0 amide bonds. The third-order valence-corrected chi connectivity index (χ3v) is 3.36. The zero-order valence-corrected chi connectivity index (χ0v) is 10.9. The Balaban J connectivity index is 2.20. The predicted molar refractivity (Wildman–Crippen MR) is 74.7 cm³/mol. The lowest BCUT2D eigenvalue weighted by atomic mass is 10.1. The van der Waals surface area contributed by atoms with Gasteiger partial charge in [0.15, 0.2) is 5.65 Å². The van der Waals surface area contributed by atoms with Gasteiger partial charge in [-0.25, -0.2) is 9.97 Å². The maximum absolute atomic E-state index is 6.05. The Morgan fingerprint density at radius 1 is 1.26 bits per heavy atom. The fourth-order valence-corrected chi connectivity index (χ4v) is 2.28. The molecule has 0 aromatic carbocycles. The normalized spacial score (nSPS) is 12.7. The minimum absolute atomic E-state index is 0.0491. The minimum atomic E-state index is 0.0491. The summed E-state index contributed by atoms with van der Waals surface area (Å²) in [4.78, 5) is 13.0. The van der Waals surface area contributed by atoms with E-state index in [2.05, 4.69) is 21.9 Å². The molecule has 5 nitrogen and oxygen atoms in total. The van der Waals surface area contributed by atoms with Crippen LogP contribution in [0.2, 0.25) is 0 Å². The lowest BCUT2D eigenvalue weighted by Crippen LogP contribution is -2.10. The predicted octanol–water partition coefficient (Wildman–Crippen LogP) is 2.33. The molecule has 0 saturated carbocycles. The third kappa shape index (κ3) is 1.83. The quantitative estimate of drug-likeness (QED) is 0.761. The summed E-state index contributed by atoms with van der Waals surface area (Å²) < 4.78 is 1.94. The standard InChI is InChI=1S/C14H15N5/c1-9-5-7-17-13-12(9)18-14(15)19(13)10(2)11-4-3-6-16-8-11/h3-8,10H,1-2H3,(H2,15,18). The van der Waals surface area contributed by atoms with Gasteiger partial charge in [0.1, 0.15) is 5.52 Å². The first-order valence-electron chi connectivity index (χ1n) is 6.17. The van der Waals surface area contributed by atoms with E-state index < -0.39 is 0 Å². The van der Waals surface area contributed by atoms with Gasteiger partial charge in [-0.15, -0.1) is 0 Å². The zero-order valence-electron chi connectivity index (χ0n) is 10.9. The Labute approximate surface area is 111 Å². The van der Waals surface area contributed by atoms with E-state index in [-0.39, 0.29) is 6.04 Å². The summed E-state index contributed by atoms with van der Waals surface area (Å²) in [5.74, 6) is 0.480. The number of imidazole rings is 1. The highest BCUT2D eigenvalue weighted by Gasteiger charge is 2.17. The van der Waals surface area contributed by atoms with E-state index in [1.165, 1.54) is 0 Å². The summed E-state index contributed by atoms with van der Waals surface area (Å²) in [6.07, 6.45) is 5.38. The summed E-state index contributed by atoms with van der Waals surface area (Å²) in [6.45, 7) is 4.08. The number of rotatable bonds is 2. The fourth-order valence-electron chi connectivity index (χ4n) is 2.28. The summed E-state index contributed by atoms with van der Waals surface area (Å²) in [7, 11) is 0. The molecule has 0 aliphatic carbocycles. The maximum Gasteiger partial charge on any atom is 0.203 e. The molecule has 0 aliphatic rings. The number of hydrogen-bond donors (Lipinski definition) is 1. The first-order valence-corrected chi connectivity index (χ1v) is 6.17. The number of hydrogen-bond acceptors (Lipinski definition) is 4. The highest BCUT2D eigenvalue weighted by molar-refractivity contribution is 5.77. The molecule has 0 spiro atoms. The van der Waals surface area contributed by atoms with Gasteiger partial charge in [-0.2, -0.15) is 0 Å². The van der Waals surface area contributed by atoms with Gasteiger partial charge < -0.3 is 5.73 Å². The SMILES string of the molecule is Cc1ccnc2c1nc(N)n2C(C)c1cccnc1. The van der Waals surface area contributed by atoms with Gasteiger partial charge in [0.2, 0.25) is 5.95 Å². The average Bonchev–Trinajstić information content (AvgIpc) is 2.77. The molecule has 2 N–H and O–H groups in total. The molecule has 0 radical (unpaired) electrons. The van der Waals surface area contributed by atoms with Crippen LogP contribution < -0.4 is 5.73 Å². The van der Waals surface area contributed by atoms with Gasteiger partial charge in [0, 0.05) is 18.6 Å². The molecule has 3 aromatic rings. The molecule has 3 heterocycles. The van der Waals surface area contributed by atoms with E-state index in [0.29, 0.717) is 5.95 Å². The van der Waals surface area contributed by atoms with Crippen LogP contribution in [0.15, 0.2) is 36.8 Å². The molecule has 3 rings (SSSR count).